The molecule has 3 aromatic rings. The van der Waals surface area contributed by atoms with Crippen LogP contribution in [-0.4, -0.2) is 46.2 Å². The van der Waals surface area contributed by atoms with Crippen molar-refractivity contribution in [2.75, 3.05) is 31.1 Å². The monoisotopic (exact) mass is 389 g/mol. The molecule has 0 unspecified atom stereocenters. The average molecular weight is 390 g/mol. The zero-order valence-corrected chi connectivity index (χ0v) is 16.9. The van der Waals surface area contributed by atoms with Crippen LogP contribution < -0.4 is 4.90 Å². The third kappa shape index (κ3) is 4.17. The minimum atomic E-state index is 0.487. The molecule has 6 heteroatoms. The predicted molar refractivity (Wildman–Crippen MR) is 113 cm³/mol. The summed E-state index contributed by atoms with van der Waals surface area (Å²) in [5.74, 6) is 2.88. The van der Waals surface area contributed by atoms with Gasteiger partial charge >= 0.3 is 0 Å². The van der Waals surface area contributed by atoms with Crippen LogP contribution in [0.2, 0.25) is 0 Å². The van der Waals surface area contributed by atoms with Gasteiger partial charge < -0.3 is 9.42 Å². The average Bonchev–Trinajstić information content (AvgIpc) is 3.53. The normalized spacial score (nSPS) is 18.0. The van der Waals surface area contributed by atoms with E-state index in [2.05, 4.69) is 56.1 Å². The van der Waals surface area contributed by atoms with Crippen molar-refractivity contribution in [1.29, 1.82) is 0 Å². The number of nitrogens with zero attached hydrogens (tertiary/aromatic N) is 5. The summed E-state index contributed by atoms with van der Waals surface area (Å²) in [6.45, 7) is 7.17. The number of anilines is 1. The molecule has 2 aliphatic rings. The summed E-state index contributed by atoms with van der Waals surface area (Å²) in [6, 6.07) is 12.9. The minimum absolute atomic E-state index is 0.487. The second-order valence-electron chi connectivity index (χ2n) is 8.21. The van der Waals surface area contributed by atoms with Crippen molar-refractivity contribution in [2.24, 2.45) is 0 Å². The van der Waals surface area contributed by atoms with E-state index in [0.29, 0.717) is 11.8 Å². The SMILES string of the molecule is Cc1ccc(CN2CCCN(c3ncccc3-c3nc(C4CC4)no3)CC2)cc1. The standard InChI is InChI=1S/C23H27N5O/c1-17-5-7-18(8-6-17)16-27-12-3-13-28(15-14-27)22-20(4-2-11-24-22)23-25-21(26-29-23)19-9-10-19/h2,4-8,11,19H,3,9-10,12-16H2,1H3. The predicted octanol–water partition coefficient (Wildman–Crippen LogP) is 4.03. The maximum Gasteiger partial charge on any atom is 0.261 e. The summed E-state index contributed by atoms with van der Waals surface area (Å²) in [7, 11) is 0. The lowest BCUT2D eigenvalue weighted by atomic mass is 10.1. The molecule has 150 valence electrons. The molecule has 1 saturated carbocycles. The van der Waals surface area contributed by atoms with E-state index in [-0.39, 0.29) is 0 Å². The summed E-state index contributed by atoms with van der Waals surface area (Å²) >= 11 is 0. The van der Waals surface area contributed by atoms with E-state index < -0.39 is 0 Å². The molecular formula is C23H27N5O. The highest BCUT2D eigenvalue weighted by Gasteiger charge is 2.30. The first-order valence-corrected chi connectivity index (χ1v) is 10.6. The maximum atomic E-state index is 5.59. The molecule has 0 radical (unpaired) electrons. The van der Waals surface area contributed by atoms with Gasteiger partial charge in [-0.25, -0.2) is 4.98 Å². The summed E-state index contributed by atoms with van der Waals surface area (Å²) in [5, 5.41) is 4.18. The highest BCUT2D eigenvalue weighted by molar-refractivity contribution is 5.69. The molecule has 0 amide bonds. The molecule has 29 heavy (non-hydrogen) atoms. The molecule has 1 aliphatic heterocycles. The van der Waals surface area contributed by atoms with Gasteiger partial charge in [-0.15, -0.1) is 0 Å². The van der Waals surface area contributed by atoms with Crippen molar-refractivity contribution in [3.8, 4) is 11.5 Å². The highest BCUT2D eigenvalue weighted by Crippen LogP contribution is 2.39. The van der Waals surface area contributed by atoms with E-state index in [9.17, 15) is 0 Å². The molecule has 0 spiro atoms. The fourth-order valence-electron chi connectivity index (χ4n) is 3.96. The van der Waals surface area contributed by atoms with Crippen LogP contribution in [0.4, 0.5) is 5.82 Å². The van der Waals surface area contributed by atoms with E-state index in [1.165, 1.54) is 24.0 Å². The van der Waals surface area contributed by atoms with Gasteiger partial charge in [-0.1, -0.05) is 35.0 Å². The fraction of sp³-hybridized carbons (Fsp3) is 0.435. The molecular weight excluding hydrogens is 362 g/mol. The first kappa shape index (κ1) is 18.3. The van der Waals surface area contributed by atoms with Gasteiger partial charge in [-0.05, 0) is 43.9 Å². The number of hydrogen-bond donors (Lipinski definition) is 0. The first-order valence-electron chi connectivity index (χ1n) is 10.6. The fourth-order valence-corrected chi connectivity index (χ4v) is 3.96. The van der Waals surface area contributed by atoms with Gasteiger partial charge in [-0.3, -0.25) is 4.90 Å². The molecule has 1 aromatic carbocycles. The van der Waals surface area contributed by atoms with Gasteiger partial charge in [-0.2, -0.15) is 4.98 Å². The Morgan fingerprint density at radius 1 is 1.03 bits per heavy atom. The number of rotatable bonds is 5. The Kier molecular flexibility index (Phi) is 5.02. The quantitative estimate of drug-likeness (QED) is 0.657. The Morgan fingerprint density at radius 2 is 1.90 bits per heavy atom. The van der Waals surface area contributed by atoms with Crippen LogP contribution in [0.1, 0.15) is 42.1 Å². The second kappa shape index (κ2) is 7.95. The summed E-state index contributed by atoms with van der Waals surface area (Å²) in [5.41, 5.74) is 3.63. The summed E-state index contributed by atoms with van der Waals surface area (Å²) in [6.07, 6.45) is 5.30. The van der Waals surface area contributed by atoms with Crippen molar-refractivity contribution >= 4 is 5.82 Å². The van der Waals surface area contributed by atoms with Gasteiger partial charge in [0, 0.05) is 44.8 Å². The van der Waals surface area contributed by atoms with Crippen LogP contribution in [-0.2, 0) is 6.54 Å². The van der Waals surface area contributed by atoms with Crippen molar-refractivity contribution < 1.29 is 4.52 Å². The van der Waals surface area contributed by atoms with Crippen LogP contribution in [0.5, 0.6) is 0 Å². The Bertz CT molecular complexity index is 963. The lowest BCUT2D eigenvalue weighted by Crippen LogP contribution is -2.31. The van der Waals surface area contributed by atoms with Crippen LogP contribution >= 0.6 is 0 Å². The lowest BCUT2D eigenvalue weighted by Gasteiger charge is -2.24. The highest BCUT2D eigenvalue weighted by atomic mass is 16.5. The molecule has 2 fully saturated rings. The number of aromatic nitrogens is 3. The van der Waals surface area contributed by atoms with Gasteiger partial charge in [0.25, 0.3) is 5.89 Å². The zero-order valence-electron chi connectivity index (χ0n) is 16.9. The minimum Gasteiger partial charge on any atom is -0.355 e. The van der Waals surface area contributed by atoms with E-state index in [1.807, 2.05) is 18.3 Å². The van der Waals surface area contributed by atoms with Gasteiger partial charge in [0.1, 0.15) is 5.82 Å². The first-order chi connectivity index (χ1) is 14.3. The number of benzene rings is 1. The molecule has 1 saturated heterocycles. The van der Waals surface area contributed by atoms with Crippen LogP contribution in [0.25, 0.3) is 11.5 Å². The number of aryl methyl sites for hydroxylation is 1. The zero-order chi connectivity index (χ0) is 19.6. The van der Waals surface area contributed by atoms with Crippen LogP contribution in [0.3, 0.4) is 0 Å². The smallest absolute Gasteiger partial charge is 0.261 e. The summed E-state index contributed by atoms with van der Waals surface area (Å²) in [4.78, 5) is 14.2. The van der Waals surface area contributed by atoms with Crippen LogP contribution in [0.15, 0.2) is 47.1 Å². The van der Waals surface area contributed by atoms with Gasteiger partial charge in [0.2, 0.25) is 0 Å². The van der Waals surface area contributed by atoms with Crippen LogP contribution in [0, 0.1) is 6.92 Å². The van der Waals surface area contributed by atoms with E-state index >= 15 is 0 Å². The molecule has 0 atom stereocenters. The van der Waals surface area contributed by atoms with Crippen molar-refractivity contribution in [2.45, 2.75) is 38.6 Å². The van der Waals surface area contributed by atoms with Gasteiger partial charge in [0.15, 0.2) is 5.82 Å². The Hall–Kier alpha value is -2.73. The molecule has 0 N–H and O–H groups in total. The molecule has 2 aromatic heterocycles. The lowest BCUT2D eigenvalue weighted by molar-refractivity contribution is 0.285. The molecule has 6 nitrogen and oxygen atoms in total. The van der Waals surface area contributed by atoms with E-state index in [4.69, 9.17) is 4.52 Å². The van der Waals surface area contributed by atoms with Crippen molar-refractivity contribution in [3.05, 3.63) is 59.5 Å². The molecule has 5 rings (SSSR count). The largest absolute Gasteiger partial charge is 0.355 e. The van der Waals surface area contributed by atoms with E-state index in [1.54, 1.807) is 0 Å². The third-order valence-electron chi connectivity index (χ3n) is 5.82. The maximum absolute atomic E-state index is 5.59. The number of hydrogen-bond acceptors (Lipinski definition) is 6. The van der Waals surface area contributed by atoms with Crippen molar-refractivity contribution in [1.82, 2.24) is 20.0 Å². The molecule has 1 aliphatic carbocycles. The van der Waals surface area contributed by atoms with E-state index in [0.717, 1.165) is 56.4 Å². The second-order valence-corrected chi connectivity index (χ2v) is 8.21. The molecule has 0 bridgehead atoms. The third-order valence-corrected chi connectivity index (χ3v) is 5.82. The topological polar surface area (TPSA) is 58.3 Å². The molecule has 3 heterocycles. The number of pyridine rings is 1. The van der Waals surface area contributed by atoms with Gasteiger partial charge in [0.05, 0.1) is 5.56 Å². The summed E-state index contributed by atoms with van der Waals surface area (Å²) < 4.78 is 5.59. The Labute approximate surface area is 171 Å². The van der Waals surface area contributed by atoms with Crippen molar-refractivity contribution in [3.63, 3.8) is 0 Å². The Balaban J connectivity index is 1.30. The Morgan fingerprint density at radius 3 is 2.72 bits per heavy atom.